The lowest BCUT2D eigenvalue weighted by molar-refractivity contribution is -0.120. The van der Waals surface area contributed by atoms with Crippen LogP contribution in [0.5, 0.6) is 0 Å². The molecule has 0 radical (unpaired) electrons. The van der Waals surface area contributed by atoms with E-state index in [0.717, 1.165) is 11.8 Å². The third-order valence-electron chi connectivity index (χ3n) is 3.53. The van der Waals surface area contributed by atoms with E-state index in [0.29, 0.717) is 16.3 Å². The summed E-state index contributed by atoms with van der Waals surface area (Å²) in [6.45, 7) is 0. The second-order valence-electron chi connectivity index (χ2n) is 5.37. The van der Waals surface area contributed by atoms with Gasteiger partial charge in [0.15, 0.2) is 0 Å². The fourth-order valence-corrected chi connectivity index (χ4v) is 3.51. The zero-order valence-electron chi connectivity index (χ0n) is 12.8. The Hall–Kier alpha value is -2.87. The zero-order chi connectivity index (χ0) is 18.0. The monoisotopic (exact) mass is 360 g/mol. The largest absolute Gasteiger partial charge is 0.478 e. The first-order chi connectivity index (χ1) is 11.9. The van der Waals surface area contributed by atoms with Crippen LogP contribution in [0.3, 0.4) is 0 Å². The summed E-state index contributed by atoms with van der Waals surface area (Å²) >= 11 is 1.13. The van der Waals surface area contributed by atoms with Gasteiger partial charge in [0.05, 0.1) is 16.5 Å². The van der Waals surface area contributed by atoms with Crippen LogP contribution in [-0.2, 0) is 9.59 Å². The van der Waals surface area contributed by atoms with E-state index in [2.05, 4.69) is 10.6 Å². The molecule has 25 heavy (non-hydrogen) atoms. The molecule has 1 atom stereocenters. The van der Waals surface area contributed by atoms with Crippen LogP contribution in [0.1, 0.15) is 16.8 Å². The van der Waals surface area contributed by atoms with Gasteiger partial charge >= 0.3 is 5.97 Å². The number of rotatable bonds is 4. The van der Waals surface area contributed by atoms with Gasteiger partial charge in [0.1, 0.15) is 5.82 Å². The smallest absolute Gasteiger partial charge is 0.335 e. The molecule has 1 aliphatic rings. The van der Waals surface area contributed by atoms with E-state index in [1.54, 1.807) is 6.07 Å². The third kappa shape index (κ3) is 3.97. The Labute approximate surface area is 146 Å². The maximum atomic E-state index is 13.1. The molecule has 6 nitrogen and oxygen atoms in total. The molecule has 3 N–H and O–H groups in total. The molecule has 0 fully saturated rings. The van der Waals surface area contributed by atoms with Gasteiger partial charge in [0.25, 0.3) is 0 Å². The second-order valence-corrected chi connectivity index (χ2v) is 6.62. The van der Waals surface area contributed by atoms with Gasteiger partial charge in [0, 0.05) is 17.0 Å². The van der Waals surface area contributed by atoms with Crippen LogP contribution in [0.2, 0.25) is 0 Å². The highest BCUT2D eigenvalue weighted by atomic mass is 32.2. The molecular formula is C17H13FN2O4S. The van der Waals surface area contributed by atoms with Crippen LogP contribution >= 0.6 is 11.8 Å². The van der Waals surface area contributed by atoms with Crippen LogP contribution in [0.25, 0.3) is 0 Å². The van der Waals surface area contributed by atoms with Crippen molar-refractivity contribution in [2.45, 2.75) is 16.6 Å². The number of nitrogens with one attached hydrogen (secondary N) is 2. The van der Waals surface area contributed by atoms with E-state index in [4.69, 9.17) is 5.11 Å². The Morgan fingerprint density at radius 1 is 1.24 bits per heavy atom. The van der Waals surface area contributed by atoms with Crippen molar-refractivity contribution in [2.24, 2.45) is 0 Å². The molecule has 0 spiro atoms. The predicted octanol–water partition coefficient (Wildman–Crippen LogP) is 2.97. The lowest BCUT2D eigenvalue weighted by atomic mass is 10.2. The van der Waals surface area contributed by atoms with Gasteiger partial charge in [-0.05, 0) is 36.4 Å². The van der Waals surface area contributed by atoms with Crippen molar-refractivity contribution in [1.82, 2.24) is 0 Å². The Morgan fingerprint density at radius 3 is 2.76 bits per heavy atom. The van der Waals surface area contributed by atoms with Gasteiger partial charge in [-0.3, -0.25) is 9.59 Å². The average molecular weight is 360 g/mol. The molecule has 8 heteroatoms. The van der Waals surface area contributed by atoms with Gasteiger partial charge in [-0.15, -0.1) is 11.8 Å². The van der Waals surface area contributed by atoms with Crippen molar-refractivity contribution in [3.8, 4) is 0 Å². The highest BCUT2D eigenvalue weighted by molar-refractivity contribution is 8.01. The molecule has 0 bridgehead atoms. The highest BCUT2D eigenvalue weighted by Crippen LogP contribution is 2.37. The number of carbonyl (C=O) groups is 3. The van der Waals surface area contributed by atoms with Crippen molar-refractivity contribution >= 4 is 40.9 Å². The van der Waals surface area contributed by atoms with Crippen molar-refractivity contribution in [2.75, 3.05) is 10.6 Å². The Bertz CT molecular complexity index is 871. The lowest BCUT2D eigenvalue weighted by Crippen LogP contribution is -2.32. The second kappa shape index (κ2) is 6.94. The molecule has 128 valence electrons. The van der Waals surface area contributed by atoms with E-state index in [1.165, 1.54) is 36.4 Å². The summed E-state index contributed by atoms with van der Waals surface area (Å²) < 4.78 is 13.1. The number of anilines is 2. The number of hydrogen-bond donors (Lipinski definition) is 3. The Morgan fingerprint density at radius 2 is 2.04 bits per heavy atom. The summed E-state index contributed by atoms with van der Waals surface area (Å²) in [5.74, 6) is -2.32. The number of benzene rings is 2. The summed E-state index contributed by atoms with van der Waals surface area (Å²) in [4.78, 5) is 35.9. The van der Waals surface area contributed by atoms with Crippen molar-refractivity contribution < 1.29 is 23.9 Å². The maximum Gasteiger partial charge on any atom is 0.335 e. The number of hydrogen-bond acceptors (Lipinski definition) is 4. The Balaban J connectivity index is 1.70. The number of carbonyl (C=O) groups excluding carboxylic acids is 2. The molecule has 2 aromatic carbocycles. The minimum Gasteiger partial charge on any atom is -0.478 e. The molecular weight excluding hydrogens is 347 g/mol. The number of amides is 2. The first-order valence-electron chi connectivity index (χ1n) is 7.32. The van der Waals surface area contributed by atoms with E-state index in [1.807, 2.05) is 0 Å². The minimum atomic E-state index is -1.07. The standard InChI is InChI=1S/C17H13FN2O4S/c18-10-2-1-3-11(7-10)19-15(21)8-14-16(22)20-12-5-4-9(17(23)24)6-13(12)25-14/h1-7,14H,8H2,(H,19,21)(H,20,22)(H,23,24)/t14-/m1/s1. The summed E-state index contributed by atoms with van der Waals surface area (Å²) in [5.41, 5.74) is 0.923. The van der Waals surface area contributed by atoms with Gasteiger partial charge < -0.3 is 15.7 Å². The maximum absolute atomic E-state index is 13.1. The molecule has 0 saturated carbocycles. The number of aromatic carboxylic acids is 1. The van der Waals surface area contributed by atoms with Crippen molar-refractivity contribution in [3.63, 3.8) is 0 Å². The SMILES string of the molecule is O=C(C[C@H]1Sc2cc(C(=O)O)ccc2NC1=O)Nc1cccc(F)c1. The van der Waals surface area contributed by atoms with E-state index in [-0.39, 0.29) is 17.9 Å². The average Bonchev–Trinajstić information content (AvgIpc) is 2.55. The van der Waals surface area contributed by atoms with Crippen LogP contribution in [0, 0.1) is 5.82 Å². The van der Waals surface area contributed by atoms with E-state index < -0.39 is 22.9 Å². The number of halogens is 1. The first kappa shape index (κ1) is 17.0. The van der Waals surface area contributed by atoms with E-state index >= 15 is 0 Å². The summed E-state index contributed by atoms with van der Waals surface area (Å²) in [6, 6.07) is 9.84. The number of fused-ring (bicyclic) bond motifs is 1. The molecule has 0 aliphatic carbocycles. The number of thioether (sulfide) groups is 1. The van der Waals surface area contributed by atoms with Gasteiger partial charge in [0.2, 0.25) is 11.8 Å². The van der Waals surface area contributed by atoms with Crippen LogP contribution in [-0.4, -0.2) is 28.1 Å². The quantitative estimate of drug-likeness (QED) is 0.779. The van der Waals surface area contributed by atoms with Gasteiger partial charge in [-0.25, -0.2) is 9.18 Å². The minimum absolute atomic E-state index is 0.102. The highest BCUT2D eigenvalue weighted by Gasteiger charge is 2.29. The van der Waals surface area contributed by atoms with Crippen LogP contribution < -0.4 is 10.6 Å². The van der Waals surface area contributed by atoms with Crippen LogP contribution in [0.15, 0.2) is 47.4 Å². The topological polar surface area (TPSA) is 95.5 Å². The van der Waals surface area contributed by atoms with E-state index in [9.17, 15) is 18.8 Å². The molecule has 2 aromatic rings. The first-order valence-corrected chi connectivity index (χ1v) is 8.20. The van der Waals surface area contributed by atoms with Crippen LogP contribution in [0.4, 0.5) is 15.8 Å². The molecule has 0 saturated heterocycles. The molecule has 2 amide bonds. The fourth-order valence-electron chi connectivity index (χ4n) is 2.36. The third-order valence-corrected chi connectivity index (χ3v) is 4.78. The molecule has 1 aliphatic heterocycles. The normalized spacial score (nSPS) is 15.9. The van der Waals surface area contributed by atoms with Gasteiger partial charge in [-0.1, -0.05) is 6.07 Å². The fraction of sp³-hybridized carbons (Fsp3) is 0.118. The summed E-state index contributed by atoms with van der Waals surface area (Å²) in [7, 11) is 0. The zero-order valence-corrected chi connectivity index (χ0v) is 13.6. The molecule has 3 rings (SSSR count). The van der Waals surface area contributed by atoms with Gasteiger partial charge in [-0.2, -0.15) is 0 Å². The molecule has 1 heterocycles. The molecule has 0 unspecified atom stereocenters. The van der Waals surface area contributed by atoms with Crippen molar-refractivity contribution in [3.05, 3.63) is 53.8 Å². The van der Waals surface area contributed by atoms with Crippen molar-refractivity contribution in [1.29, 1.82) is 0 Å². The summed E-state index contributed by atoms with van der Waals surface area (Å²) in [6.07, 6.45) is -0.121. The number of carboxylic acids is 1. The summed E-state index contributed by atoms with van der Waals surface area (Å²) in [5, 5.41) is 13.5. The molecule has 0 aromatic heterocycles. The Kier molecular flexibility index (Phi) is 4.71. The lowest BCUT2D eigenvalue weighted by Gasteiger charge is -2.24. The predicted molar refractivity (Wildman–Crippen MR) is 91.3 cm³/mol. The number of carboxylic acid groups (broad SMARTS) is 1.